The molecule has 0 unspecified atom stereocenters. The van der Waals surface area contributed by atoms with Crippen LogP contribution in [0.4, 0.5) is 4.39 Å². The highest BCUT2D eigenvalue weighted by Crippen LogP contribution is 2.05. The van der Waals surface area contributed by atoms with Crippen LogP contribution in [-0.4, -0.2) is 15.7 Å². The Balaban J connectivity index is 2.32. The van der Waals surface area contributed by atoms with Gasteiger partial charge >= 0.3 is 0 Å². The van der Waals surface area contributed by atoms with E-state index in [1.54, 1.807) is 19.2 Å². The van der Waals surface area contributed by atoms with Gasteiger partial charge in [0, 0.05) is 11.8 Å². The molecule has 0 aliphatic rings. The minimum Gasteiger partial charge on any atom is -0.267 e. The van der Waals surface area contributed by atoms with E-state index < -0.39 is 0 Å². The molecule has 1 aromatic heterocycles. The lowest BCUT2D eigenvalue weighted by Crippen LogP contribution is -2.12. The number of hydrogen-bond donors (Lipinski definition) is 0. The normalized spacial score (nSPS) is 10.3. The number of benzene rings is 1. The number of carbonyl (C=O) groups is 1. The Bertz CT molecular complexity index is 488. The highest BCUT2D eigenvalue weighted by atomic mass is 19.1. The monoisotopic (exact) mass is 204 g/mol. The van der Waals surface area contributed by atoms with Crippen molar-refractivity contribution in [3.8, 4) is 0 Å². The van der Waals surface area contributed by atoms with Crippen LogP contribution in [0.3, 0.4) is 0 Å². The van der Waals surface area contributed by atoms with Gasteiger partial charge in [-0.3, -0.25) is 4.79 Å². The zero-order valence-electron chi connectivity index (χ0n) is 8.14. The number of carbonyl (C=O) groups excluding carboxylic acids is 1. The van der Waals surface area contributed by atoms with Gasteiger partial charge in [-0.2, -0.15) is 5.10 Å². The van der Waals surface area contributed by atoms with Crippen molar-refractivity contribution >= 4 is 5.91 Å². The van der Waals surface area contributed by atoms with Gasteiger partial charge in [0.25, 0.3) is 5.91 Å². The fourth-order valence-corrected chi connectivity index (χ4v) is 1.25. The summed E-state index contributed by atoms with van der Waals surface area (Å²) in [6.45, 7) is 1.80. The van der Waals surface area contributed by atoms with E-state index in [9.17, 15) is 9.18 Å². The van der Waals surface area contributed by atoms with Crippen molar-refractivity contribution in [3.63, 3.8) is 0 Å². The van der Waals surface area contributed by atoms with Gasteiger partial charge in [0.1, 0.15) is 5.82 Å². The Hall–Kier alpha value is -1.97. The molecule has 2 aromatic rings. The molecule has 15 heavy (non-hydrogen) atoms. The molecule has 0 N–H and O–H groups in total. The van der Waals surface area contributed by atoms with E-state index in [0.717, 1.165) is 5.69 Å². The molecule has 0 bridgehead atoms. The van der Waals surface area contributed by atoms with Crippen LogP contribution in [0.15, 0.2) is 36.5 Å². The Morgan fingerprint density at radius 1 is 1.27 bits per heavy atom. The molecule has 0 aliphatic heterocycles. The molecule has 0 radical (unpaired) electrons. The fourth-order valence-electron chi connectivity index (χ4n) is 1.25. The lowest BCUT2D eigenvalue weighted by molar-refractivity contribution is 0.0944. The second-order valence-corrected chi connectivity index (χ2v) is 3.21. The van der Waals surface area contributed by atoms with Crippen LogP contribution in [0.5, 0.6) is 0 Å². The molecule has 0 fully saturated rings. The van der Waals surface area contributed by atoms with Gasteiger partial charge in [0.05, 0.1) is 5.69 Å². The number of aryl methyl sites for hydroxylation is 1. The highest BCUT2D eigenvalue weighted by Gasteiger charge is 2.08. The van der Waals surface area contributed by atoms with Crippen LogP contribution in [0, 0.1) is 12.7 Å². The molecule has 1 aromatic carbocycles. The van der Waals surface area contributed by atoms with Crippen LogP contribution in [0.1, 0.15) is 16.1 Å². The van der Waals surface area contributed by atoms with Crippen LogP contribution >= 0.6 is 0 Å². The molecule has 2 rings (SSSR count). The van der Waals surface area contributed by atoms with Crippen LogP contribution < -0.4 is 0 Å². The standard InChI is InChI=1S/C11H9FN2O/c1-8-6-7-14(13-8)11(15)9-2-4-10(12)5-3-9/h2-7H,1H3. The van der Waals surface area contributed by atoms with E-state index in [2.05, 4.69) is 5.10 Å². The smallest absolute Gasteiger partial charge is 0.267 e. The van der Waals surface area contributed by atoms with E-state index in [0.29, 0.717) is 5.56 Å². The van der Waals surface area contributed by atoms with Crippen LogP contribution in [0.2, 0.25) is 0 Å². The van der Waals surface area contributed by atoms with Gasteiger partial charge in [0.2, 0.25) is 0 Å². The molecule has 0 amide bonds. The molecule has 4 heteroatoms. The highest BCUT2D eigenvalue weighted by molar-refractivity contribution is 5.95. The second-order valence-electron chi connectivity index (χ2n) is 3.21. The quantitative estimate of drug-likeness (QED) is 0.712. The number of nitrogens with zero attached hydrogens (tertiary/aromatic N) is 2. The predicted molar refractivity (Wildman–Crippen MR) is 53.1 cm³/mol. The van der Waals surface area contributed by atoms with Crippen LogP contribution in [0.25, 0.3) is 0 Å². The summed E-state index contributed by atoms with van der Waals surface area (Å²) in [5.41, 5.74) is 1.19. The third-order valence-corrected chi connectivity index (χ3v) is 2.02. The SMILES string of the molecule is Cc1ccn(C(=O)c2ccc(F)cc2)n1. The predicted octanol–water partition coefficient (Wildman–Crippen LogP) is 2.02. The largest absolute Gasteiger partial charge is 0.278 e. The fraction of sp³-hybridized carbons (Fsp3) is 0.0909. The molecule has 76 valence electrons. The van der Waals surface area contributed by atoms with E-state index in [4.69, 9.17) is 0 Å². The average molecular weight is 204 g/mol. The first-order chi connectivity index (χ1) is 7.16. The Labute approximate surface area is 86.2 Å². The maximum atomic E-state index is 12.6. The van der Waals surface area contributed by atoms with Crippen molar-refractivity contribution in [1.82, 2.24) is 9.78 Å². The minimum atomic E-state index is -0.358. The number of hydrogen-bond acceptors (Lipinski definition) is 2. The number of halogens is 1. The van der Waals surface area contributed by atoms with E-state index in [1.807, 2.05) is 0 Å². The summed E-state index contributed by atoms with van der Waals surface area (Å²) in [4.78, 5) is 11.7. The van der Waals surface area contributed by atoms with Gasteiger partial charge in [-0.15, -0.1) is 0 Å². The van der Waals surface area contributed by atoms with Crippen molar-refractivity contribution in [2.75, 3.05) is 0 Å². The number of aromatic nitrogens is 2. The topological polar surface area (TPSA) is 34.9 Å². The van der Waals surface area contributed by atoms with Crippen molar-refractivity contribution in [1.29, 1.82) is 0 Å². The summed E-state index contributed by atoms with van der Waals surface area (Å²) < 4.78 is 13.9. The third-order valence-electron chi connectivity index (χ3n) is 2.02. The van der Waals surface area contributed by atoms with Crippen molar-refractivity contribution < 1.29 is 9.18 Å². The summed E-state index contributed by atoms with van der Waals surface area (Å²) in [6.07, 6.45) is 1.58. The summed E-state index contributed by atoms with van der Waals surface area (Å²) in [5, 5.41) is 3.98. The first-order valence-corrected chi connectivity index (χ1v) is 4.49. The Morgan fingerprint density at radius 3 is 2.47 bits per heavy atom. The van der Waals surface area contributed by atoms with E-state index in [1.165, 1.54) is 28.9 Å². The molecule has 1 heterocycles. The average Bonchev–Trinajstić information content (AvgIpc) is 2.65. The van der Waals surface area contributed by atoms with Gasteiger partial charge in [-0.25, -0.2) is 9.07 Å². The Morgan fingerprint density at radius 2 is 1.93 bits per heavy atom. The summed E-state index contributed by atoms with van der Waals surface area (Å²) in [5.74, 6) is -0.619. The molecule has 0 spiro atoms. The van der Waals surface area contributed by atoms with E-state index in [-0.39, 0.29) is 11.7 Å². The Kier molecular flexibility index (Phi) is 2.33. The summed E-state index contributed by atoms with van der Waals surface area (Å²) in [6, 6.07) is 7.12. The van der Waals surface area contributed by atoms with Crippen molar-refractivity contribution in [2.45, 2.75) is 6.92 Å². The first-order valence-electron chi connectivity index (χ1n) is 4.49. The molecule has 0 saturated carbocycles. The second kappa shape index (κ2) is 3.65. The van der Waals surface area contributed by atoms with Crippen molar-refractivity contribution in [3.05, 3.63) is 53.6 Å². The van der Waals surface area contributed by atoms with E-state index >= 15 is 0 Å². The molecular weight excluding hydrogens is 195 g/mol. The molecular formula is C11H9FN2O. The lowest BCUT2D eigenvalue weighted by Gasteiger charge is -1.99. The van der Waals surface area contributed by atoms with Gasteiger partial charge in [0.15, 0.2) is 0 Å². The molecule has 0 saturated heterocycles. The van der Waals surface area contributed by atoms with Crippen LogP contribution in [-0.2, 0) is 0 Å². The first kappa shape index (κ1) is 9.58. The maximum Gasteiger partial charge on any atom is 0.278 e. The zero-order valence-corrected chi connectivity index (χ0v) is 8.14. The lowest BCUT2D eigenvalue weighted by atomic mass is 10.2. The summed E-state index contributed by atoms with van der Waals surface area (Å²) in [7, 11) is 0. The molecule has 3 nitrogen and oxygen atoms in total. The van der Waals surface area contributed by atoms with Gasteiger partial charge in [-0.05, 0) is 37.3 Å². The molecule has 0 aliphatic carbocycles. The van der Waals surface area contributed by atoms with Gasteiger partial charge < -0.3 is 0 Å². The minimum absolute atomic E-state index is 0.261. The van der Waals surface area contributed by atoms with Crippen molar-refractivity contribution in [2.24, 2.45) is 0 Å². The molecule has 0 atom stereocenters. The third kappa shape index (κ3) is 1.93. The van der Waals surface area contributed by atoms with Gasteiger partial charge in [-0.1, -0.05) is 0 Å². The summed E-state index contributed by atoms with van der Waals surface area (Å²) >= 11 is 0. The maximum absolute atomic E-state index is 12.6. The number of rotatable bonds is 1. The zero-order chi connectivity index (χ0) is 10.8.